The summed E-state index contributed by atoms with van der Waals surface area (Å²) in [6.07, 6.45) is 3.98. The highest BCUT2D eigenvalue weighted by molar-refractivity contribution is 5.79. The van der Waals surface area contributed by atoms with E-state index in [0.717, 1.165) is 37.8 Å². The summed E-state index contributed by atoms with van der Waals surface area (Å²) in [5.74, 6) is -0.263. The van der Waals surface area contributed by atoms with Crippen LogP contribution in [-0.2, 0) is 10.3 Å². The summed E-state index contributed by atoms with van der Waals surface area (Å²) in [4.78, 5) is 18.2. The van der Waals surface area contributed by atoms with E-state index in [1.165, 1.54) is 6.07 Å². The van der Waals surface area contributed by atoms with Gasteiger partial charge in [0.05, 0.1) is 11.3 Å². The zero-order chi connectivity index (χ0) is 18.0. The third kappa shape index (κ3) is 3.34. The largest absolute Gasteiger partial charge is 0.373 e. The maximum atomic E-state index is 13.9. The number of likely N-dealkylation sites (tertiary alicyclic amines) is 1. The lowest BCUT2D eigenvalue weighted by Crippen LogP contribution is -2.42. The van der Waals surface area contributed by atoms with Crippen LogP contribution in [0.1, 0.15) is 34.3 Å². The van der Waals surface area contributed by atoms with Crippen molar-refractivity contribution in [3.63, 3.8) is 0 Å². The number of benzene rings is 1. The van der Waals surface area contributed by atoms with Gasteiger partial charge in [-0.05, 0) is 50.1 Å². The molecular weight excluding hydrogens is 319 g/mol. The number of carbonyl (C=O) groups is 1. The maximum Gasteiger partial charge on any atom is 0.151 e. The van der Waals surface area contributed by atoms with E-state index in [0.29, 0.717) is 22.4 Å². The van der Waals surface area contributed by atoms with Crippen molar-refractivity contribution in [2.75, 3.05) is 27.2 Å². The van der Waals surface area contributed by atoms with E-state index in [4.69, 9.17) is 4.74 Å². The van der Waals surface area contributed by atoms with Crippen LogP contribution in [0.25, 0.3) is 11.3 Å². The Hall–Kier alpha value is -2.11. The number of aromatic nitrogens is 1. The first-order valence-corrected chi connectivity index (χ1v) is 8.45. The Morgan fingerprint density at radius 1 is 1.28 bits per heavy atom. The predicted octanol–water partition coefficient (Wildman–Crippen LogP) is 3.58. The maximum absolute atomic E-state index is 13.9. The van der Waals surface area contributed by atoms with Gasteiger partial charge in [-0.15, -0.1) is 0 Å². The molecule has 0 unspecified atom stereocenters. The van der Waals surface area contributed by atoms with Gasteiger partial charge in [-0.3, -0.25) is 9.78 Å². The molecule has 0 aliphatic carbocycles. The molecule has 0 atom stereocenters. The first kappa shape index (κ1) is 17.7. The number of rotatable bonds is 4. The van der Waals surface area contributed by atoms with Gasteiger partial charge in [0.1, 0.15) is 5.82 Å². The van der Waals surface area contributed by atoms with E-state index in [2.05, 4.69) is 16.9 Å². The molecule has 0 N–H and O–H groups in total. The molecule has 1 saturated heterocycles. The predicted molar refractivity (Wildman–Crippen MR) is 95.2 cm³/mol. The lowest BCUT2D eigenvalue weighted by Gasteiger charge is -2.40. The van der Waals surface area contributed by atoms with E-state index in [1.807, 2.05) is 12.1 Å². The van der Waals surface area contributed by atoms with Crippen molar-refractivity contribution in [1.29, 1.82) is 0 Å². The minimum absolute atomic E-state index is 0.263. The average Bonchev–Trinajstić information content (AvgIpc) is 2.64. The van der Waals surface area contributed by atoms with Crippen LogP contribution in [0, 0.1) is 12.7 Å². The second kappa shape index (κ2) is 7.02. The molecule has 5 heteroatoms. The highest BCUT2D eigenvalue weighted by Crippen LogP contribution is 2.38. The van der Waals surface area contributed by atoms with Crippen LogP contribution < -0.4 is 0 Å². The molecule has 2 aromatic rings. The number of piperidine rings is 1. The van der Waals surface area contributed by atoms with Crippen molar-refractivity contribution < 1.29 is 13.9 Å². The van der Waals surface area contributed by atoms with Gasteiger partial charge in [0.15, 0.2) is 6.29 Å². The van der Waals surface area contributed by atoms with Crippen LogP contribution in [0.5, 0.6) is 0 Å². The van der Waals surface area contributed by atoms with Gasteiger partial charge in [-0.1, -0.05) is 12.1 Å². The summed E-state index contributed by atoms with van der Waals surface area (Å²) in [7, 11) is 3.76. The first-order chi connectivity index (χ1) is 12.0. The molecule has 0 saturated carbocycles. The van der Waals surface area contributed by atoms with Crippen LogP contribution >= 0.6 is 0 Å². The van der Waals surface area contributed by atoms with Crippen LogP contribution in [-0.4, -0.2) is 43.4 Å². The van der Waals surface area contributed by atoms with E-state index < -0.39 is 5.60 Å². The van der Waals surface area contributed by atoms with E-state index in [-0.39, 0.29) is 5.82 Å². The van der Waals surface area contributed by atoms with E-state index in [1.54, 1.807) is 26.3 Å². The second-order valence-corrected chi connectivity index (χ2v) is 6.74. The molecule has 0 bridgehead atoms. The molecule has 1 aliphatic rings. The Kier molecular flexibility index (Phi) is 4.97. The van der Waals surface area contributed by atoms with Gasteiger partial charge in [-0.25, -0.2) is 4.39 Å². The third-order valence-electron chi connectivity index (χ3n) is 5.21. The Morgan fingerprint density at radius 3 is 2.60 bits per heavy atom. The Balaban J connectivity index is 2.08. The van der Waals surface area contributed by atoms with Gasteiger partial charge < -0.3 is 9.64 Å². The Morgan fingerprint density at radius 2 is 2.00 bits per heavy atom. The number of methoxy groups -OCH3 is 1. The molecule has 1 aromatic heterocycles. The van der Waals surface area contributed by atoms with Crippen molar-refractivity contribution in [3.8, 4) is 11.3 Å². The minimum atomic E-state index is -0.510. The van der Waals surface area contributed by atoms with Gasteiger partial charge in [-0.2, -0.15) is 0 Å². The molecular formula is C20H23FN2O2. The molecule has 0 radical (unpaired) electrons. The van der Waals surface area contributed by atoms with Gasteiger partial charge in [0.25, 0.3) is 0 Å². The molecule has 0 spiro atoms. The summed E-state index contributed by atoms with van der Waals surface area (Å²) in [6, 6.07) is 6.94. The fourth-order valence-corrected chi connectivity index (χ4v) is 3.43. The van der Waals surface area contributed by atoms with Crippen LogP contribution in [0.3, 0.4) is 0 Å². The molecule has 25 heavy (non-hydrogen) atoms. The minimum Gasteiger partial charge on any atom is -0.373 e. The molecule has 0 amide bonds. The average molecular weight is 342 g/mol. The fraction of sp³-hybridized carbons (Fsp3) is 0.400. The fourth-order valence-electron chi connectivity index (χ4n) is 3.43. The molecule has 1 fully saturated rings. The SMILES string of the molecule is COC1(c2cc(-c3ccc(C)c(F)c3)ncc2C=O)CCN(C)CC1. The van der Waals surface area contributed by atoms with Crippen molar-refractivity contribution >= 4 is 6.29 Å². The highest BCUT2D eigenvalue weighted by atomic mass is 19.1. The quantitative estimate of drug-likeness (QED) is 0.797. The van der Waals surface area contributed by atoms with Crippen molar-refractivity contribution in [3.05, 3.63) is 53.0 Å². The lowest BCUT2D eigenvalue weighted by atomic mass is 9.82. The van der Waals surface area contributed by atoms with Crippen LogP contribution in [0.15, 0.2) is 30.5 Å². The summed E-state index contributed by atoms with van der Waals surface area (Å²) < 4.78 is 19.8. The number of carbonyl (C=O) groups excluding carboxylic acids is 1. The molecule has 3 rings (SSSR count). The molecule has 1 aromatic carbocycles. The number of hydrogen-bond acceptors (Lipinski definition) is 4. The normalized spacial score (nSPS) is 17.4. The molecule has 4 nitrogen and oxygen atoms in total. The number of aryl methyl sites for hydroxylation is 1. The number of pyridine rings is 1. The number of hydrogen-bond donors (Lipinski definition) is 0. The van der Waals surface area contributed by atoms with E-state index in [9.17, 15) is 9.18 Å². The summed E-state index contributed by atoms with van der Waals surface area (Å²) >= 11 is 0. The van der Waals surface area contributed by atoms with Crippen molar-refractivity contribution in [2.45, 2.75) is 25.4 Å². The molecule has 2 heterocycles. The van der Waals surface area contributed by atoms with Crippen molar-refractivity contribution in [1.82, 2.24) is 9.88 Å². The second-order valence-electron chi connectivity index (χ2n) is 6.74. The summed E-state index contributed by atoms with van der Waals surface area (Å²) in [6.45, 7) is 3.51. The molecule has 132 valence electrons. The summed E-state index contributed by atoms with van der Waals surface area (Å²) in [5.41, 5.74) is 2.80. The number of ether oxygens (including phenoxy) is 1. The number of halogens is 1. The van der Waals surface area contributed by atoms with Crippen LogP contribution in [0.4, 0.5) is 4.39 Å². The molecule has 1 aliphatic heterocycles. The monoisotopic (exact) mass is 342 g/mol. The topological polar surface area (TPSA) is 42.4 Å². The number of aldehydes is 1. The number of nitrogens with zero attached hydrogens (tertiary/aromatic N) is 2. The Bertz CT molecular complexity index is 783. The summed E-state index contributed by atoms with van der Waals surface area (Å²) in [5, 5.41) is 0. The zero-order valence-corrected chi connectivity index (χ0v) is 14.9. The lowest BCUT2D eigenvalue weighted by molar-refractivity contribution is -0.0588. The van der Waals surface area contributed by atoms with Gasteiger partial charge >= 0.3 is 0 Å². The third-order valence-corrected chi connectivity index (χ3v) is 5.21. The van der Waals surface area contributed by atoms with E-state index >= 15 is 0 Å². The van der Waals surface area contributed by atoms with Crippen molar-refractivity contribution in [2.24, 2.45) is 0 Å². The highest BCUT2D eigenvalue weighted by Gasteiger charge is 2.37. The van der Waals surface area contributed by atoms with Gasteiger partial charge in [0, 0.05) is 37.5 Å². The standard InChI is InChI=1S/C20H23FN2O2/c1-14-4-5-15(10-18(14)21)19-11-17(16(13-24)12-22-19)20(25-3)6-8-23(2)9-7-20/h4-5,10-13H,6-9H2,1-3H3. The zero-order valence-electron chi connectivity index (χ0n) is 14.9. The Labute approximate surface area is 147 Å². The smallest absolute Gasteiger partial charge is 0.151 e. The van der Waals surface area contributed by atoms with Gasteiger partial charge in [0.2, 0.25) is 0 Å². The first-order valence-electron chi connectivity index (χ1n) is 8.45. The van der Waals surface area contributed by atoms with Crippen LogP contribution in [0.2, 0.25) is 0 Å².